The van der Waals surface area contributed by atoms with E-state index in [-0.39, 0.29) is 11.4 Å². The summed E-state index contributed by atoms with van der Waals surface area (Å²) in [6.07, 6.45) is 0. The van der Waals surface area contributed by atoms with Crippen molar-refractivity contribution >= 4 is 17.3 Å². The average molecular weight is 240 g/mol. The van der Waals surface area contributed by atoms with Crippen molar-refractivity contribution in [3.8, 4) is 5.75 Å². The number of carbonyl (C=O) groups excluding carboxylic acids is 1. The molecule has 0 fully saturated rings. The molecule has 0 atom stereocenters. The maximum Gasteiger partial charge on any atom is 0.274 e. The van der Waals surface area contributed by atoms with Gasteiger partial charge in [-0.25, -0.2) is 4.39 Å². The van der Waals surface area contributed by atoms with Gasteiger partial charge in [0.25, 0.3) is 11.6 Å². The number of non-ortho nitro benzene ring substituents is 1. The van der Waals surface area contributed by atoms with Gasteiger partial charge in [0.1, 0.15) is 0 Å². The Bertz CT molecular complexity index is 527. The van der Waals surface area contributed by atoms with Crippen LogP contribution in [0.1, 0.15) is 13.8 Å². The van der Waals surface area contributed by atoms with Crippen LogP contribution in [-0.2, 0) is 4.79 Å². The molecule has 6 nitrogen and oxygen atoms in total. The van der Waals surface area contributed by atoms with Gasteiger partial charge in [0.05, 0.1) is 16.7 Å². The SMILES string of the molecule is CC1(C)Oc2c(F)cc([N+](=O)[O-])cc2NC1=O. The maximum atomic E-state index is 13.6. The number of halogens is 1. The molecule has 1 amide bonds. The maximum absolute atomic E-state index is 13.6. The van der Waals surface area contributed by atoms with Crippen LogP contribution in [0.2, 0.25) is 0 Å². The molecule has 0 saturated carbocycles. The van der Waals surface area contributed by atoms with Crippen molar-refractivity contribution in [1.82, 2.24) is 0 Å². The Morgan fingerprint density at radius 2 is 2.12 bits per heavy atom. The fraction of sp³-hybridized carbons (Fsp3) is 0.300. The van der Waals surface area contributed by atoms with Crippen LogP contribution in [0.5, 0.6) is 5.75 Å². The zero-order valence-corrected chi connectivity index (χ0v) is 9.11. The number of anilines is 1. The van der Waals surface area contributed by atoms with E-state index in [0.29, 0.717) is 0 Å². The van der Waals surface area contributed by atoms with Crippen molar-refractivity contribution < 1.29 is 18.8 Å². The highest BCUT2D eigenvalue weighted by atomic mass is 19.1. The fourth-order valence-corrected chi connectivity index (χ4v) is 1.46. The van der Waals surface area contributed by atoms with E-state index in [1.807, 2.05) is 0 Å². The summed E-state index contributed by atoms with van der Waals surface area (Å²) in [5.41, 5.74) is -1.67. The number of ether oxygens (including phenoxy) is 1. The molecule has 7 heteroatoms. The van der Waals surface area contributed by atoms with E-state index >= 15 is 0 Å². The van der Waals surface area contributed by atoms with E-state index in [1.54, 1.807) is 0 Å². The molecule has 1 aliphatic rings. The minimum Gasteiger partial charge on any atom is -0.473 e. The van der Waals surface area contributed by atoms with E-state index in [1.165, 1.54) is 13.8 Å². The van der Waals surface area contributed by atoms with Crippen molar-refractivity contribution in [3.05, 3.63) is 28.1 Å². The van der Waals surface area contributed by atoms with Crippen LogP contribution in [0.3, 0.4) is 0 Å². The second kappa shape index (κ2) is 3.41. The van der Waals surface area contributed by atoms with Crippen LogP contribution in [0.25, 0.3) is 0 Å². The summed E-state index contributed by atoms with van der Waals surface area (Å²) in [7, 11) is 0. The Labute approximate surface area is 95.5 Å². The van der Waals surface area contributed by atoms with Crippen molar-refractivity contribution in [1.29, 1.82) is 0 Å². The standard InChI is InChI=1S/C10H9FN2O4/c1-10(2)9(14)12-7-4-5(13(15)16)3-6(11)8(7)17-10/h3-4H,1-2H3,(H,12,14). The van der Waals surface area contributed by atoms with E-state index < -0.39 is 27.9 Å². The lowest BCUT2D eigenvalue weighted by atomic mass is 10.1. The zero-order chi connectivity index (χ0) is 12.8. The largest absolute Gasteiger partial charge is 0.473 e. The Balaban J connectivity index is 2.55. The number of rotatable bonds is 1. The van der Waals surface area contributed by atoms with Crippen LogP contribution in [-0.4, -0.2) is 16.4 Å². The number of nitro groups is 1. The molecule has 17 heavy (non-hydrogen) atoms. The lowest BCUT2D eigenvalue weighted by Gasteiger charge is -2.31. The highest BCUT2D eigenvalue weighted by Gasteiger charge is 2.37. The minimum absolute atomic E-state index is 0.0268. The van der Waals surface area contributed by atoms with E-state index in [2.05, 4.69) is 5.32 Å². The predicted octanol–water partition coefficient (Wildman–Crippen LogP) is 1.84. The molecule has 0 bridgehead atoms. The molecule has 0 spiro atoms. The number of hydrogen-bond donors (Lipinski definition) is 1. The molecule has 0 unspecified atom stereocenters. The molecule has 1 heterocycles. The number of nitro benzene ring substituents is 1. The molecule has 0 saturated heterocycles. The van der Waals surface area contributed by atoms with Crippen LogP contribution < -0.4 is 10.1 Å². The molecule has 1 aliphatic heterocycles. The number of nitrogens with zero attached hydrogens (tertiary/aromatic N) is 1. The second-order valence-electron chi connectivity index (χ2n) is 4.13. The zero-order valence-electron chi connectivity index (χ0n) is 9.11. The predicted molar refractivity (Wildman–Crippen MR) is 56.4 cm³/mol. The molecule has 1 N–H and O–H groups in total. The van der Waals surface area contributed by atoms with Gasteiger partial charge in [-0.05, 0) is 13.8 Å². The fourth-order valence-electron chi connectivity index (χ4n) is 1.46. The van der Waals surface area contributed by atoms with Gasteiger partial charge < -0.3 is 10.1 Å². The number of carbonyl (C=O) groups is 1. The molecule has 0 aromatic heterocycles. The van der Waals surface area contributed by atoms with Gasteiger partial charge in [-0.3, -0.25) is 14.9 Å². The number of benzene rings is 1. The van der Waals surface area contributed by atoms with Crippen LogP contribution in [0, 0.1) is 15.9 Å². The highest BCUT2D eigenvalue weighted by Crippen LogP contribution is 2.38. The topological polar surface area (TPSA) is 81.5 Å². The van der Waals surface area contributed by atoms with Gasteiger partial charge in [0, 0.05) is 6.07 Å². The van der Waals surface area contributed by atoms with Gasteiger partial charge in [0.15, 0.2) is 17.2 Å². The van der Waals surface area contributed by atoms with Gasteiger partial charge in [-0.15, -0.1) is 0 Å². The third-order valence-electron chi connectivity index (χ3n) is 2.39. The lowest BCUT2D eigenvalue weighted by Crippen LogP contribution is -2.46. The summed E-state index contributed by atoms with van der Waals surface area (Å²) < 4.78 is 18.8. The van der Waals surface area contributed by atoms with E-state index in [9.17, 15) is 19.3 Å². The van der Waals surface area contributed by atoms with Crippen molar-refractivity contribution in [2.24, 2.45) is 0 Å². The summed E-state index contributed by atoms with van der Waals surface area (Å²) in [6, 6.07) is 1.82. The summed E-state index contributed by atoms with van der Waals surface area (Å²) in [4.78, 5) is 21.3. The Hall–Kier alpha value is -2.18. The number of fused-ring (bicyclic) bond motifs is 1. The van der Waals surface area contributed by atoms with Crippen molar-refractivity contribution in [2.75, 3.05) is 5.32 Å². The first-order valence-corrected chi connectivity index (χ1v) is 4.79. The quantitative estimate of drug-likeness (QED) is 0.599. The van der Waals surface area contributed by atoms with Gasteiger partial charge in [-0.1, -0.05) is 0 Å². The molecule has 0 aliphatic carbocycles. The molecule has 0 radical (unpaired) electrons. The van der Waals surface area contributed by atoms with E-state index in [0.717, 1.165) is 12.1 Å². The smallest absolute Gasteiger partial charge is 0.274 e. The highest BCUT2D eigenvalue weighted by molar-refractivity contribution is 6.00. The van der Waals surface area contributed by atoms with Gasteiger partial charge in [0.2, 0.25) is 0 Å². The van der Waals surface area contributed by atoms with Gasteiger partial charge >= 0.3 is 0 Å². The van der Waals surface area contributed by atoms with Crippen LogP contribution in [0.15, 0.2) is 12.1 Å². The molecular weight excluding hydrogens is 231 g/mol. The van der Waals surface area contributed by atoms with Crippen LogP contribution >= 0.6 is 0 Å². The monoisotopic (exact) mass is 240 g/mol. The Kier molecular flexibility index (Phi) is 2.27. The first kappa shape index (κ1) is 11.3. The number of nitrogens with one attached hydrogen (secondary N) is 1. The molecule has 1 aromatic carbocycles. The Morgan fingerprint density at radius 1 is 1.47 bits per heavy atom. The van der Waals surface area contributed by atoms with Crippen LogP contribution in [0.4, 0.5) is 15.8 Å². The lowest BCUT2D eigenvalue weighted by molar-refractivity contribution is -0.385. The molecule has 2 rings (SSSR count). The average Bonchev–Trinajstić information content (AvgIpc) is 2.20. The number of hydrogen-bond acceptors (Lipinski definition) is 4. The summed E-state index contributed by atoms with van der Waals surface area (Å²) in [5, 5.41) is 12.9. The van der Waals surface area contributed by atoms with Gasteiger partial charge in [-0.2, -0.15) is 0 Å². The normalized spacial score (nSPS) is 16.8. The molecule has 1 aromatic rings. The summed E-state index contributed by atoms with van der Waals surface area (Å²) in [5.74, 6) is -1.53. The Morgan fingerprint density at radius 3 is 2.71 bits per heavy atom. The van der Waals surface area contributed by atoms with E-state index in [4.69, 9.17) is 4.74 Å². The van der Waals surface area contributed by atoms with Crippen molar-refractivity contribution in [2.45, 2.75) is 19.4 Å². The molecule has 90 valence electrons. The molecular formula is C10H9FN2O4. The first-order chi connectivity index (χ1) is 7.81. The minimum atomic E-state index is -1.20. The summed E-state index contributed by atoms with van der Waals surface area (Å²) in [6.45, 7) is 2.96. The second-order valence-corrected chi connectivity index (χ2v) is 4.13. The third-order valence-corrected chi connectivity index (χ3v) is 2.39. The van der Waals surface area contributed by atoms with Crippen molar-refractivity contribution in [3.63, 3.8) is 0 Å². The summed E-state index contributed by atoms with van der Waals surface area (Å²) >= 11 is 0. The first-order valence-electron chi connectivity index (χ1n) is 4.79. The third kappa shape index (κ3) is 1.79. The number of amides is 1.